The summed E-state index contributed by atoms with van der Waals surface area (Å²) in [5, 5.41) is 9.86. The molecule has 1 aliphatic heterocycles. The van der Waals surface area contributed by atoms with Gasteiger partial charge < -0.3 is 5.11 Å². The number of aliphatic hydroxyl groups is 1. The molecule has 100 valence electrons. The number of alkyl halides is 1. The number of halogens is 1. The van der Waals surface area contributed by atoms with E-state index in [1.54, 1.807) is 0 Å². The van der Waals surface area contributed by atoms with Crippen molar-refractivity contribution in [3.63, 3.8) is 0 Å². The molecule has 0 spiro atoms. The van der Waals surface area contributed by atoms with Crippen LogP contribution in [0.4, 0.5) is 4.39 Å². The SMILES string of the molecule is CC(C)C1CCC(O)CC1N1CCC(F)CC1. The van der Waals surface area contributed by atoms with E-state index in [9.17, 15) is 9.50 Å². The molecule has 1 N–H and O–H groups in total. The molecule has 3 heteroatoms. The quantitative estimate of drug-likeness (QED) is 0.806. The second-order valence-corrected chi connectivity index (χ2v) is 6.15. The maximum atomic E-state index is 13.2. The normalized spacial score (nSPS) is 37.6. The van der Waals surface area contributed by atoms with Gasteiger partial charge in [0.05, 0.1) is 6.10 Å². The molecular formula is C14H26FNO. The first kappa shape index (κ1) is 13.3. The topological polar surface area (TPSA) is 23.5 Å². The van der Waals surface area contributed by atoms with Crippen LogP contribution < -0.4 is 0 Å². The van der Waals surface area contributed by atoms with Crippen LogP contribution in [-0.2, 0) is 0 Å². The lowest BCUT2D eigenvalue weighted by Crippen LogP contribution is -2.50. The second-order valence-electron chi connectivity index (χ2n) is 6.15. The van der Waals surface area contributed by atoms with Gasteiger partial charge in [0, 0.05) is 19.1 Å². The van der Waals surface area contributed by atoms with Crippen LogP contribution in [0.3, 0.4) is 0 Å². The van der Waals surface area contributed by atoms with Gasteiger partial charge in [0.25, 0.3) is 0 Å². The highest BCUT2D eigenvalue weighted by molar-refractivity contribution is 4.90. The zero-order chi connectivity index (χ0) is 12.4. The fourth-order valence-electron chi connectivity index (χ4n) is 3.55. The molecule has 0 aromatic carbocycles. The van der Waals surface area contributed by atoms with E-state index < -0.39 is 6.17 Å². The molecule has 1 saturated heterocycles. The smallest absolute Gasteiger partial charge is 0.103 e. The Balaban J connectivity index is 1.99. The fourth-order valence-corrected chi connectivity index (χ4v) is 3.55. The zero-order valence-electron chi connectivity index (χ0n) is 11.1. The summed E-state index contributed by atoms with van der Waals surface area (Å²) >= 11 is 0. The molecule has 0 radical (unpaired) electrons. The third-order valence-corrected chi connectivity index (χ3v) is 4.63. The van der Waals surface area contributed by atoms with E-state index in [2.05, 4.69) is 18.7 Å². The van der Waals surface area contributed by atoms with Crippen molar-refractivity contribution in [2.45, 2.75) is 64.3 Å². The van der Waals surface area contributed by atoms with Crippen molar-refractivity contribution in [1.29, 1.82) is 0 Å². The molecule has 0 amide bonds. The van der Waals surface area contributed by atoms with Gasteiger partial charge >= 0.3 is 0 Å². The van der Waals surface area contributed by atoms with E-state index in [1.165, 1.54) is 0 Å². The van der Waals surface area contributed by atoms with E-state index in [4.69, 9.17) is 0 Å². The number of aliphatic hydroxyl groups excluding tert-OH is 1. The highest BCUT2D eigenvalue weighted by Crippen LogP contribution is 2.35. The molecule has 2 fully saturated rings. The minimum Gasteiger partial charge on any atom is -0.393 e. The van der Waals surface area contributed by atoms with E-state index in [0.29, 0.717) is 30.7 Å². The minimum atomic E-state index is -0.600. The molecule has 3 unspecified atom stereocenters. The Morgan fingerprint density at radius 2 is 1.76 bits per heavy atom. The summed E-state index contributed by atoms with van der Waals surface area (Å²) in [6.07, 6.45) is 3.57. The summed E-state index contributed by atoms with van der Waals surface area (Å²) in [5.74, 6) is 1.34. The molecule has 0 aromatic heterocycles. The predicted octanol–water partition coefficient (Wildman–Crippen LogP) is 2.61. The van der Waals surface area contributed by atoms with E-state index in [1.807, 2.05) is 0 Å². The molecule has 2 nitrogen and oxygen atoms in total. The van der Waals surface area contributed by atoms with Crippen LogP contribution in [0.25, 0.3) is 0 Å². The standard InChI is InChI=1S/C14H26FNO/c1-10(2)13-4-3-12(17)9-14(13)16-7-5-11(15)6-8-16/h10-14,17H,3-9H2,1-2H3. The first-order chi connectivity index (χ1) is 8.08. The van der Waals surface area contributed by atoms with Crippen molar-refractivity contribution in [3.8, 4) is 0 Å². The summed E-state index contributed by atoms with van der Waals surface area (Å²) in [7, 11) is 0. The van der Waals surface area contributed by atoms with Gasteiger partial charge in [-0.2, -0.15) is 0 Å². The van der Waals surface area contributed by atoms with Gasteiger partial charge in [-0.15, -0.1) is 0 Å². The van der Waals surface area contributed by atoms with Gasteiger partial charge in [-0.05, 0) is 43.9 Å². The molecule has 1 aliphatic carbocycles. The van der Waals surface area contributed by atoms with Crippen molar-refractivity contribution in [3.05, 3.63) is 0 Å². The average molecular weight is 243 g/mol. The molecule has 17 heavy (non-hydrogen) atoms. The zero-order valence-corrected chi connectivity index (χ0v) is 11.1. The van der Waals surface area contributed by atoms with Crippen molar-refractivity contribution < 1.29 is 9.50 Å². The van der Waals surface area contributed by atoms with Crippen molar-refractivity contribution in [2.75, 3.05) is 13.1 Å². The highest BCUT2D eigenvalue weighted by Gasteiger charge is 2.36. The molecule has 1 heterocycles. The van der Waals surface area contributed by atoms with Crippen LogP contribution in [0.2, 0.25) is 0 Å². The van der Waals surface area contributed by atoms with Crippen LogP contribution in [0, 0.1) is 11.8 Å². The molecular weight excluding hydrogens is 217 g/mol. The summed E-state index contributed by atoms with van der Waals surface area (Å²) < 4.78 is 13.2. The van der Waals surface area contributed by atoms with Crippen LogP contribution in [0.5, 0.6) is 0 Å². The maximum Gasteiger partial charge on any atom is 0.103 e. The van der Waals surface area contributed by atoms with E-state index >= 15 is 0 Å². The van der Waals surface area contributed by atoms with Gasteiger partial charge in [-0.1, -0.05) is 13.8 Å². The Morgan fingerprint density at radius 3 is 2.35 bits per heavy atom. The summed E-state index contributed by atoms with van der Waals surface area (Å²) in [6.45, 7) is 6.30. The number of hydrogen-bond acceptors (Lipinski definition) is 2. The first-order valence-electron chi connectivity index (χ1n) is 7.14. The van der Waals surface area contributed by atoms with Crippen molar-refractivity contribution in [1.82, 2.24) is 4.90 Å². The van der Waals surface area contributed by atoms with Gasteiger partial charge in [0.1, 0.15) is 6.17 Å². The number of hydrogen-bond donors (Lipinski definition) is 1. The minimum absolute atomic E-state index is 0.141. The Kier molecular flexibility index (Phi) is 4.42. The van der Waals surface area contributed by atoms with Gasteiger partial charge in [0.15, 0.2) is 0 Å². The number of piperidine rings is 1. The molecule has 2 aliphatic rings. The Morgan fingerprint density at radius 1 is 1.12 bits per heavy atom. The lowest BCUT2D eigenvalue weighted by Gasteiger charge is -2.45. The van der Waals surface area contributed by atoms with Crippen LogP contribution in [0.15, 0.2) is 0 Å². The van der Waals surface area contributed by atoms with Crippen molar-refractivity contribution >= 4 is 0 Å². The van der Waals surface area contributed by atoms with E-state index in [0.717, 1.165) is 32.4 Å². The number of likely N-dealkylation sites (tertiary alicyclic amines) is 1. The Labute approximate surface area is 104 Å². The van der Waals surface area contributed by atoms with Crippen LogP contribution >= 0.6 is 0 Å². The van der Waals surface area contributed by atoms with Crippen molar-refractivity contribution in [2.24, 2.45) is 11.8 Å². The summed E-state index contributed by atoms with van der Waals surface area (Å²) in [6, 6.07) is 0.478. The maximum absolute atomic E-state index is 13.2. The van der Waals surface area contributed by atoms with Gasteiger partial charge in [0.2, 0.25) is 0 Å². The third-order valence-electron chi connectivity index (χ3n) is 4.63. The monoisotopic (exact) mass is 243 g/mol. The van der Waals surface area contributed by atoms with Crippen LogP contribution in [-0.4, -0.2) is 41.4 Å². The molecule has 0 bridgehead atoms. The van der Waals surface area contributed by atoms with Crippen LogP contribution in [0.1, 0.15) is 46.0 Å². The second kappa shape index (κ2) is 5.66. The highest BCUT2D eigenvalue weighted by atomic mass is 19.1. The first-order valence-corrected chi connectivity index (χ1v) is 7.14. The Bertz CT molecular complexity index is 238. The lowest BCUT2D eigenvalue weighted by atomic mass is 9.75. The van der Waals surface area contributed by atoms with E-state index in [-0.39, 0.29) is 6.10 Å². The fraction of sp³-hybridized carbons (Fsp3) is 1.00. The Hall–Kier alpha value is -0.150. The summed E-state index contributed by atoms with van der Waals surface area (Å²) in [4.78, 5) is 2.43. The predicted molar refractivity (Wildman–Crippen MR) is 67.7 cm³/mol. The lowest BCUT2D eigenvalue weighted by molar-refractivity contribution is -0.00486. The summed E-state index contributed by atoms with van der Waals surface area (Å²) in [5.41, 5.74) is 0. The third kappa shape index (κ3) is 3.19. The molecule has 3 atom stereocenters. The molecule has 0 aromatic rings. The molecule has 1 saturated carbocycles. The average Bonchev–Trinajstić information content (AvgIpc) is 2.29. The van der Waals surface area contributed by atoms with Gasteiger partial charge in [-0.3, -0.25) is 4.90 Å². The number of nitrogens with zero attached hydrogens (tertiary/aromatic N) is 1. The van der Waals surface area contributed by atoms with Gasteiger partial charge in [-0.25, -0.2) is 4.39 Å². The number of rotatable bonds is 2. The largest absolute Gasteiger partial charge is 0.393 e. The molecule has 2 rings (SSSR count).